The fraction of sp³-hybridized carbons (Fsp3) is 0.667. The second-order valence-electron chi connectivity index (χ2n) is 5.63. The van der Waals surface area contributed by atoms with Gasteiger partial charge in [0.05, 0.1) is 0 Å². The normalized spacial score (nSPS) is 28.1. The first-order valence-electron chi connectivity index (χ1n) is 6.93. The maximum absolute atomic E-state index is 6.09. The molecule has 0 bridgehead atoms. The Kier molecular flexibility index (Phi) is 4.23. The van der Waals surface area contributed by atoms with E-state index in [4.69, 9.17) is 10.5 Å². The third kappa shape index (κ3) is 3.02. The molecule has 1 aliphatic carbocycles. The number of nitrogens with two attached hydrogens (primary N) is 1. The van der Waals surface area contributed by atoms with E-state index in [0.29, 0.717) is 12.6 Å². The van der Waals surface area contributed by atoms with Gasteiger partial charge in [-0.3, -0.25) is 0 Å². The minimum atomic E-state index is 0.302. The maximum Gasteiger partial charge on any atom is 0.218 e. The molecule has 3 atom stereocenters. The van der Waals surface area contributed by atoms with Crippen LogP contribution in [0.3, 0.4) is 0 Å². The number of pyridine rings is 1. The zero-order chi connectivity index (χ0) is 13.1. The molecule has 0 spiro atoms. The summed E-state index contributed by atoms with van der Waals surface area (Å²) < 4.78 is 6.09. The third-order valence-electron chi connectivity index (χ3n) is 4.13. The summed E-state index contributed by atoms with van der Waals surface area (Å²) in [5, 5.41) is 0. The molecule has 100 valence electrons. The Labute approximate surface area is 110 Å². The molecule has 2 rings (SSSR count). The van der Waals surface area contributed by atoms with Crippen LogP contribution in [0.15, 0.2) is 12.1 Å². The van der Waals surface area contributed by atoms with Crippen molar-refractivity contribution in [3.8, 4) is 5.88 Å². The van der Waals surface area contributed by atoms with Crippen molar-refractivity contribution >= 4 is 0 Å². The van der Waals surface area contributed by atoms with E-state index < -0.39 is 0 Å². The van der Waals surface area contributed by atoms with Crippen molar-refractivity contribution in [1.29, 1.82) is 0 Å². The summed E-state index contributed by atoms with van der Waals surface area (Å²) in [5.41, 5.74) is 7.73. The van der Waals surface area contributed by atoms with Crippen LogP contribution < -0.4 is 10.5 Å². The van der Waals surface area contributed by atoms with Crippen molar-refractivity contribution in [1.82, 2.24) is 4.98 Å². The Bertz CT molecular complexity index is 405. The predicted molar refractivity (Wildman–Crippen MR) is 73.5 cm³/mol. The van der Waals surface area contributed by atoms with E-state index in [-0.39, 0.29) is 0 Å². The Morgan fingerprint density at radius 3 is 2.72 bits per heavy atom. The topological polar surface area (TPSA) is 48.1 Å². The maximum atomic E-state index is 6.09. The molecular formula is C15H24N2O. The Morgan fingerprint density at radius 2 is 2.06 bits per heavy atom. The van der Waals surface area contributed by atoms with Crippen LogP contribution in [0, 0.1) is 18.8 Å². The highest BCUT2D eigenvalue weighted by atomic mass is 16.5. The number of aryl methyl sites for hydroxylation is 1. The first-order valence-corrected chi connectivity index (χ1v) is 6.93. The van der Waals surface area contributed by atoms with Gasteiger partial charge in [0.15, 0.2) is 0 Å². The minimum Gasteiger partial charge on any atom is -0.474 e. The first-order chi connectivity index (χ1) is 8.60. The van der Waals surface area contributed by atoms with Crippen LogP contribution >= 0.6 is 0 Å². The lowest BCUT2D eigenvalue weighted by Gasteiger charge is -2.32. The number of nitrogens with zero attached hydrogens (tertiary/aromatic N) is 1. The Hall–Kier alpha value is -1.09. The van der Waals surface area contributed by atoms with Crippen molar-refractivity contribution in [2.75, 3.05) is 0 Å². The zero-order valence-corrected chi connectivity index (χ0v) is 11.6. The molecule has 1 saturated carbocycles. The highest BCUT2D eigenvalue weighted by Gasteiger charge is 2.26. The predicted octanol–water partition coefficient (Wildman–Crippen LogP) is 3.05. The van der Waals surface area contributed by atoms with Gasteiger partial charge < -0.3 is 10.5 Å². The van der Waals surface area contributed by atoms with Gasteiger partial charge in [-0.1, -0.05) is 19.9 Å². The van der Waals surface area contributed by atoms with Crippen LogP contribution in [0.4, 0.5) is 0 Å². The average molecular weight is 248 g/mol. The smallest absolute Gasteiger partial charge is 0.218 e. The van der Waals surface area contributed by atoms with Gasteiger partial charge in [-0.15, -0.1) is 0 Å². The molecule has 1 aromatic rings. The van der Waals surface area contributed by atoms with E-state index in [0.717, 1.165) is 41.8 Å². The quantitative estimate of drug-likeness (QED) is 0.894. The minimum absolute atomic E-state index is 0.302. The number of ether oxygens (including phenoxy) is 1. The van der Waals surface area contributed by atoms with E-state index in [1.54, 1.807) is 0 Å². The number of aromatic nitrogens is 1. The second kappa shape index (κ2) is 5.70. The SMILES string of the molecule is Cc1ccc(CN)c(OC2CCC(C)C(C)C2)n1. The molecular weight excluding hydrogens is 224 g/mol. The summed E-state index contributed by atoms with van der Waals surface area (Å²) in [6.07, 6.45) is 3.80. The summed E-state index contributed by atoms with van der Waals surface area (Å²) in [5.74, 6) is 2.28. The van der Waals surface area contributed by atoms with E-state index >= 15 is 0 Å². The molecule has 0 radical (unpaired) electrons. The van der Waals surface area contributed by atoms with Gasteiger partial charge in [0.1, 0.15) is 6.10 Å². The van der Waals surface area contributed by atoms with Gasteiger partial charge in [-0.05, 0) is 44.1 Å². The Balaban J connectivity index is 2.07. The highest BCUT2D eigenvalue weighted by molar-refractivity contribution is 5.28. The molecule has 1 heterocycles. The van der Waals surface area contributed by atoms with E-state index in [1.807, 2.05) is 19.1 Å². The van der Waals surface area contributed by atoms with E-state index in [2.05, 4.69) is 18.8 Å². The molecule has 1 aliphatic rings. The van der Waals surface area contributed by atoms with Gasteiger partial charge in [-0.2, -0.15) is 0 Å². The number of rotatable bonds is 3. The summed E-state index contributed by atoms with van der Waals surface area (Å²) in [4.78, 5) is 4.48. The largest absolute Gasteiger partial charge is 0.474 e. The van der Waals surface area contributed by atoms with Crippen LogP contribution in [0.5, 0.6) is 5.88 Å². The lowest BCUT2D eigenvalue weighted by atomic mass is 9.80. The van der Waals surface area contributed by atoms with Gasteiger partial charge in [0.2, 0.25) is 5.88 Å². The fourth-order valence-electron chi connectivity index (χ4n) is 2.58. The average Bonchev–Trinajstić information content (AvgIpc) is 2.34. The summed E-state index contributed by atoms with van der Waals surface area (Å²) in [6, 6.07) is 4.01. The monoisotopic (exact) mass is 248 g/mol. The standard InChI is InChI=1S/C15H24N2O/c1-10-4-7-14(8-11(10)2)18-15-13(9-16)6-5-12(3)17-15/h5-6,10-11,14H,4,7-9,16H2,1-3H3. The van der Waals surface area contributed by atoms with Crippen LogP contribution in [0.2, 0.25) is 0 Å². The molecule has 0 aliphatic heterocycles. The van der Waals surface area contributed by atoms with Crippen LogP contribution in [-0.4, -0.2) is 11.1 Å². The summed E-state index contributed by atoms with van der Waals surface area (Å²) in [6.45, 7) is 7.12. The molecule has 3 unspecified atom stereocenters. The van der Waals surface area contributed by atoms with Crippen molar-refractivity contribution in [3.05, 3.63) is 23.4 Å². The fourth-order valence-corrected chi connectivity index (χ4v) is 2.58. The van der Waals surface area contributed by atoms with Gasteiger partial charge in [0.25, 0.3) is 0 Å². The van der Waals surface area contributed by atoms with Crippen molar-refractivity contribution < 1.29 is 4.74 Å². The van der Waals surface area contributed by atoms with Crippen LogP contribution in [0.25, 0.3) is 0 Å². The summed E-state index contributed by atoms with van der Waals surface area (Å²) >= 11 is 0. The zero-order valence-electron chi connectivity index (χ0n) is 11.6. The van der Waals surface area contributed by atoms with Crippen LogP contribution in [0.1, 0.15) is 44.4 Å². The molecule has 1 aromatic heterocycles. The van der Waals surface area contributed by atoms with Gasteiger partial charge >= 0.3 is 0 Å². The van der Waals surface area contributed by atoms with Crippen molar-refractivity contribution in [3.63, 3.8) is 0 Å². The highest BCUT2D eigenvalue weighted by Crippen LogP contribution is 2.32. The van der Waals surface area contributed by atoms with Crippen molar-refractivity contribution in [2.45, 2.75) is 52.7 Å². The van der Waals surface area contributed by atoms with Gasteiger partial charge in [0, 0.05) is 17.8 Å². The molecule has 1 fully saturated rings. The Morgan fingerprint density at radius 1 is 1.28 bits per heavy atom. The molecule has 0 amide bonds. The third-order valence-corrected chi connectivity index (χ3v) is 4.13. The second-order valence-corrected chi connectivity index (χ2v) is 5.63. The molecule has 0 aromatic carbocycles. The molecule has 2 N–H and O–H groups in total. The molecule has 0 saturated heterocycles. The summed E-state index contributed by atoms with van der Waals surface area (Å²) in [7, 11) is 0. The van der Waals surface area contributed by atoms with E-state index in [1.165, 1.54) is 6.42 Å². The van der Waals surface area contributed by atoms with Crippen LogP contribution in [-0.2, 0) is 6.54 Å². The number of hydrogen-bond donors (Lipinski definition) is 1. The van der Waals surface area contributed by atoms with E-state index in [9.17, 15) is 0 Å². The van der Waals surface area contributed by atoms with Gasteiger partial charge in [-0.25, -0.2) is 4.98 Å². The molecule has 3 nitrogen and oxygen atoms in total. The lowest BCUT2D eigenvalue weighted by molar-refractivity contribution is 0.0953. The number of hydrogen-bond acceptors (Lipinski definition) is 3. The molecule has 3 heteroatoms. The lowest BCUT2D eigenvalue weighted by Crippen LogP contribution is -2.29. The van der Waals surface area contributed by atoms with Crippen molar-refractivity contribution in [2.24, 2.45) is 17.6 Å². The molecule has 18 heavy (non-hydrogen) atoms. The first kappa shape index (κ1) is 13.3.